The molecule has 0 radical (unpaired) electrons. The average Bonchev–Trinajstić information content (AvgIpc) is 2.37. The Balaban J connectivity index is 2.60. The summed E-state index contributed by atoms with van der Waals surface area (Å²) in [6, 6.07) is 8.25. The summed E-state index contributed by atoms with van der Waals surface area (Å²) in [5, 5.41) is 0. The van der Waals surface area contributed by atoms with Gasteiger partial charge in [-0.05, 0) is 18.9 Å². The van der Waals surface area contributed by atoms with Gasteiger partial charge in [-0.15, -0.1) is 0 Å². The molecular formula is C15H25NO. The molecule has 0 amide bonds. The van der Waals surface area contributed by atoms with Gasteiger partial charge in [0.15, 0.2) is 0 Å². The average molecular weight is 235 g/mol. The zero-order valence-electron chi connectivity index (χ0n) is 11.1. The third-order valence-electron chi connectivity index (χ3n) is 2.90. The monoisotopic (exact) mass is 235 g/mol. The Morgan fingerprint density at radius 2 is 1.88 bits per heavy atom. The molecule has 0 heterocycles. The largest absolute Gasteiger partial charge is 0.493 e. The number of nitrogens with two attached hydrogens (primary N) is 1. The number of rotatable bonds is 8. The van der Waals surface area contributed by atoms with Crippen molar-refractivity contribution >= 4 is 0 Å². The molecule has 1 rings (SSSR count). The smallest absolute Gasteiger partial charge is 0.124 e. The van der Waals surface area contributed by atoms with Gasteiger partial charge >= 0.3 is 0 Å². The van der Waals surface area contributed by atoms with Gasteiger partial charge in [0.2, 0.25) is 0 Å². The number of benzene rings is 1. The molecule has 96 valence electrons. The van der Waals surface area contributed by atoms with Crippen molar-refractivity contribution in [2.24, 2.45) is 5.73 Å². The molecular weight excluding hydrogens is 210 g/mol. The first-order chi connectivity index (χ1) is 8.29. The molecule has 0 aliphatic carbocycles. The first-order valence-electron chi connectivity index (χ1n) is 6.76. The fourth-order valence-electron chi connectivity index (χ4n) is 1.90. The first-order valence-corrected chi connectivity index (χ1v) is 6.76. The summed E-state index contributed by atoms with van der Waals surface area (Å²) in [6.07, 6.45) is 5.76. The molecule has 1 aromatic carbocycles. The molecule has 0 spiro atoms. The van der Waals surface area contributed by atoms with Gasteiger partial charge in [-0.25, -0.2) is 0 Å². The maximum absolute atomic E-state index is 6.23. The quantitative estimate of drug-likeness (QED) is 0.690. The minimum Gasteiger partial charge on any atom is -0.493 e. The Labute approximate surface area is 105 Å². The number of hydrogen-bond donors (Lipinski definition) is 1. The van der Waals surface area contributed by atoms with Crippen molar-refractivity contribution in [3.63, 3.8) is 0 Å². The van der Waals surface area contributed by atoms with Gasteiger partial charge in [0.25, 0.3) is 0 Å². The van der Waals surface area contributed by atoms with Crippen LogP contribution in [0.15, 0.2) is 24.3 Å². The van der Waals surface area contributed by atoms with Gasteiger partial charge in [-0.1, -0.05) is 51.3 Å². The van der Waals surface area contributed by atoms with Gasteiger partial charge in [-0.2, -0.15) is 0 Å². The van der Waals surface area contributed by atoms with Crippen LogP contribution in [0.3, 0.4) is 0 Å². The van der Waals surface area contributed by atoms with Crippen molar-refractivity contribution in [2.45, 2.75) is 52.0 Å². The molecule has 2 nitrogen and oxygen atoms in total. The highest BCUT2D eigenvalue weighted by molar-refractivity contribution is 5.35. The molecule has 0 bridgehead atoms. The van der Waals surface area contributed by atoms with Crippen LogP contribution in [-0.2, 0) is 0 Å². The molecule has 0 saturated carbocycles. The molecule has 1 atom stereocenters. The highest BCUT2D eigenvalue weighted by Gasteiger charge is 2.10. The Morgan fingerprint density at radius 3 is 2.59 bits per heavy atom. The second-order valence-corrected chi connectivity index (χ2v) is 4.49. The predicted molar refractivity (Wildman–Crippen MR) is 73.3 cm³/mol. The van der Waals surface area contributed by atoms with E-state index >= 15 is 0 Å². The van der Waals surface area contributed by atoms with Crippen LogP contribution in [0.25, 0.3) is 0 Å². The van der Waals surface area contributed by atoms with Crippen molar-refractivity contribution in [1.29, 1.82) is 0 Å². The molecule has 2 heteroatoms. The third-order valence-corrected chi connectivity index (χ3v) is 2.90. The van der Waals surface area contributed by atoms with Crippen LogP contribution in [-0.4, -0.2) is 6.61 Å². The van der Waals surface area contributed by atoms with E-state index in [-0.39, 0.29) is 6.04 Å². The van der Waals surface area contributed by atoms with Gasteiger partial charge in [0.1, 0.15) is 5.75 Å². The highest BCUT2D eigenvalue weighted by Crippen LogP contribution is 2.26. The maximum atomic E-state index is 6.23. The lowest BCUT2D eigenvalue weighted by atomic mass is 10.0. The molecule has 0 fully saturated rings. The van der Waals surface area contributed by atoms with Crippen LogP contribution in [0.5, 0.6) is 5.75 Å². The summed E-state index contributed by atoms with van der Waals surface area (Å²) >= 11 is 0. The standard InChI is InChI=1S/C15H25NO/c1-3-5-6-10-14(16)13-9-7-8-11-15(13)17-12-4-2/h7-9,11,14H,3-6,10,12,16H2,1-2H3. The lowest BCUT2D eigenvalue weighted by molar-refractivity contribution is 0.311. The van der Waals surface area contributed by atoms with Crippen LogP contribution in [0.1, 0.15) is 57.6 Å². The van der Waals surface area contributed by atoms with E-state index in [4.69, 9.17) is 10.5 Å². The summed E-state index contributed by atoms with van der Waals surface area (Å²) in [7, 11) is 0. The lowest BCUT2D eigenvalue weighted by Gasteiger charge is -2.16. The van der Waals surface area contributed by atoms with E-state index in [1.165, 1.54) is 19.3 Å². The molecule has 0 aromatic heterocycles. The van der Waals surface area contributed by atoms with E-state index in [9.17, 15) is 0 Å². The van der Waals surface area contributed by atoms with Crippen LogP contribution in [0.4, 0.5) is 0 Å². The second kappa shape index (κ2) is 8.13. The van der Waals surface area contributed by atoms with E-state index in [2.05, 4.69) is 19.9 Å². The minimum absolute atomic E-state index is 0.106. The first kappa shape index (κ1) is 14.0. The fourth-order valence-corrected chi connectivity index (χ4v) is 1.90. The SMILES string of the molecule is CCCCCC(N)c1ccccc1OCCC. The number of ether oxygens (including phenoxy) is 1. The van der Waals surface area contributed by atoms with Gasteiger partial charge in [0.05, 0.1) is 6.61 Å². The molecule has 0 aliphatic heterocycles. The summed E-state index contributed by atoms with van der Waals surface area (Å²) in [5.74, 6) is 0.957. The highest BCUT2D eigenvalue weighted by atomic mass is 16.5. The molecule has 1 unspecified atom stereocenters. The summed E-state index contributed by atoms with van der Waals surface area (Å²) in [5.41, 5.74) is 7.38. The Hall–Kier alpha value is -1.02. The molecule has 1 aromatic rings. The zero-order valence-corrected chi connectivity index (χ0v) is 11.1. The van der Waals surface area contributed by atoms with Crippen molar-refractivity contribution in [3.05, 3.63) is 29.8 Å². The Morgan fingerprint density at radius 1 is 1.12 bits per heavy atom. The van der Waals surface area contributed by atoms with Crippen LogP contribution >= 0.6 is 0 Å². The van der Waals surface area contributed by atoms with Crippen LogP contribution < -0.4 is 10.5 Å². The van der Waals surface area contributed by atoms with Crippen molar-refractivity contribution in [3.8, 4) is 5.75 Å². The van der Waals surface area contributed by atoms with Crippen molar-refractivity contribution in [1.82, 2.24) is 0 Å². The minimum atomic E-state index is 0.106. The topological polar surface area (TPSA) is 35.2 Å². The van der Waals surface area contributed by atoms with Crippen molar-refractivity contribution in [2.75, 3.05) is 6.61 Å². The van der Waals surface area contributed by atoms with E-state index < -0.39 is 0 Å². The predicted octanol–water partition coefficient (Wildman–Crippen LogP) is 4.06. The van der Waals surface area contributed by atoms with Crippen LogP contribution in [0.2, 0.25) is 0 Å². The summed E-state index contributed by atoms with van der Waals surface area (Å²) in [4.78, 5) is 0. The molecule has 2 N–H and O–H groups in total. The van der Waals surface area contributed by atoms with Crippen molar-refractivity contribution < 1.29 is 4.74 Å². The van der Waals surface area contributed by atoms with E-state index in [0.29, 0.717) is 0 Å². The van der Waals surface area contributed by atoms with Gasteiger partial charge in [0, 0.05) is 11.6 Å². The number of para-hydroxylation sites is 1. The van der Waals surface area contributed by atoms with Gasteiger partial charge in [-0.3, -0.25) is 0 Å². The van der Waals surface area contributed by atoms with E-state index in [1.807, 2.05) is 18.2 Å². The Kier molecular flexibility index (Phi) is 6.71. The third kappa shape index (κ3) is 4.78. The Bertz CT molecular complexity index is 312. The number of hydrogen-bond acceptors (Lipinski definition) is 2. The zero-order chi connectivity index (χ0) is 12.5. The molecule has 17 heavy (non-hydrogen) atoms. The maximum Gasteiger partial charge on any atom is 0.124 e. The van der Waals surface area contributed by atoms with E-state index in [0.717, 1.165) is 30.8 Å². The molecule has 0 aliphatic rings. The lowest BCUT2D eigenvalue weighted by Crippen LogP contribution is -2.12. The molecule has 0 saturated heterocycles. The fraction of sp³-hybridized carbons (Fsp3) is 0.600. The normalized spacial score (nSPS) is 12.4. The van der Waals surface area contributed by atoms with E-state index in [1.54, 1.807) is 0 Å². The van der Waals surface area contributed by atoms with Gasteiger partial charge < -0.3 is 10.5 Å². The summed E-state index contributed by atoms with van der Waals surface area (Å²) in [6.45, 7) is 5.09. The summed E-state index contributed by atoms with van der Waals surface area (Å²) < 4.78 is 5.73. The van der Waals surface area contributed by atoms with Crippen LogP contribution in [0, 0.1) is 0 Å². The number of unbranched alkanes of at least 4 members (excludes halogenated alkanes) is 2. The second-order valence-electron chi connectivity index (χ2n) is 4.49.